The standard InChI is InChI=1S/C15H25NO/c1-5-10-16-11-6-7-14-9-8-12(2)13(3)15(14)17-4/h8-9,16H,5-7,10-11H2,1-4H3. The third kappa shape index (κ3) is 4.04. The lowest BCUT2D eigenvalue weighted by Gasteiger charge is -2.13. The molecule has 96 valence electrons. The van der Waals surface area contributed by atoms with Gasteiger partial charge in [0.2, 0.25) is 0 Å². The fraction of sp³-hybridized carbons (Fsp3) is 0.600. The fourth-order valence-electron chi connectivity index (χ4n) is 2.03. The molecular formula is C15H25NO. The van der Waals surface area contributed by atoms with Crippen LogP contribution in [0, 0.1) is 13.8 Å². The first-order valence-corrected chi connectivity index (χ1v) is 6.54. The van der Waals surface area contributed by atoms with E-state index >= 15 is 0 Å². The van der Waals surface area contributed by atoms with Gasteiger partial charge in [-0.3, -0.25) is 0 Å². The smallest absolute Gasteiger partial charge is 0.125 e. The van der Waals surface area contributed by atoms with E-state index in [9.17, 15) is 0 Å². The summed E-state index contributed by atoms with van der Waals surface area (Å²) in [5, 5.41) is 3.43. The van der Waals surface area contributed by atoms with Crippen molar-refractivity contribution in [1.82, 2.24) is 5.32 Å². The van der Waals surface area contributed by atoms with Crippen LogP contribution < -0.4 is 10.1 Å². The van der Waals surface area contributed by atoms with Gasteiger partial charge in [-0.1, -0.05) is 19.1 Å². The highest BCUT2D eigenvalue weighted by atomic mass is 16.5. The largest absolute Gasteiger partial charge is 0.496 e. The quantitative estimate of drug-likeness (QED) is 0.733. The molecule has 0 heterocycles. The normalized spacial score (nSPS) is 10.6. The van der Waals surface area contributed by atoms with Crippen molar-refractivity contribution in [3.05, 3.63) is 28.8 Å². The maximum Gasteiger partial charge on any atom is 0.125 e. The third-order valence-corrected chi connectivity index (χ3v) is 3.19. The number of hydrogen-bond acceptors (Lipinski definition) is 2. The van der Waals surface area contributed by atoms with E-state index in [4.69, 9.17) is 4.74 Å². The molecule has 1 N–H and O–H groups in total. The average Bonchev–Trinajstić information content (AvgIpc) is 2.33. The minimum Gasteiger partial charge on any atom is -0.496 e. The molecule has 0 spiro atoms. The number of ether oxygens (including phenoxy) is 1. The molecule has 0 saturated carbocycles. The van der Waals surface area contributed by atoms with Gasteiger partial charge in [0, 0.05) is 0 Å². The monoisotopic (exact) mass is 235 g/mol. The molecular weight excluding hydrogens is 210 g/mol. The first-order valence-electron chi connectivity index (χ1n) is 6.54. The highest BCUT2D eigenvalue weighted by Gasteiger charge is 2.07. The Balaban J connectivity index is 2.56. The summed E-state index contributed by atoms with van der Waals surface area (Å²) in [6, 6.07) is 4.38. The second kappa shape index (κ2) is 7.33. The van der Waals surface area contributed by atoms with Gasteiger partial charge in [-0.05, 0) is 62.9 Å². The summed E-state index contributed by atoms with van der Waals surface area (Å²) in [4.78, 5) is 0. The van der Waals surface area contributed by atoms with Crippen molar-refractivity contribution in [1.29, 1.82) is 0 Å². The zero-order chi connectivity index (χ0) is 12.7. The predicted molar refractivity (Wildman–Crippen MR) is 73.9 cm³/mol. The highest BCUT2D eigenvalue weighted by molar-refractivity contribution is 5.45. The second-order valence-electron chi connectivity index (χ2n) is 4.55. The van der Waals surface area contributed by atoms with Crippen LogP contribution in [0.3, 0.4) is 0 Å². The number of rotatable bonds is 7. The Morgan fingerprint density at radius 3 is 2.59 bits per heavy atom. The summed E-state index contributed by atoms with van der Waals surface area (Å²) in [7, 11) is 1.76. The number of methoxy groups -OCH3 is 1. The van der Waals surface area contributed by atoms with Gasteiger partial charge in [0.25, 0.3) is 0 Å². The summed E-state index contributed by atoms with van der Waals surface area (Å²) in [5.41, 5.74) is 3.90. The molecule has 0 amide bonds. The second-order valence-corrected chi connectivity index (χ2v) is 4.55. The van der Waals surface area contributed by atoms with Gasteiger partial charge >= 0.3 is 0 Å². The van der Waals surface area contributed by atoms with Crippen molar-refractivity contribution in [2.45, 2.75) is 40.0 Å². The summed E-state index contributed by atoms with van der Waals surface area (Å²) in [6.07, 6.45) is 3.45. The van der Waals surface area contributed by atoms with Gasteiger partial charge < -0.3 is 10.1 Å². The van der Waals surface area contributed by atoms with Gasteiger partial charge in [0.05, 0.1) is 7.11 Å². The van der Waals surface area contributed by atoms with E-state index in [1.54, 1.807) is 7.11 Å². The number of hydrogen-bond donors (Lipinski definition) is 1. The molecule has 1 rings (SSSR count). The van der Waals surface area contributed by atoms with Gasteiger partial charge in [0.15, 0.2) is 0 Å². The highest BCUT2D eigenvalue weighted by Crippen LogP contribution is 2.26. The van der Waals surface area contributed by atoms with Gasteiger partial charge in [-0.25, -0.2) is 0 Å². The molecule has 2 heteroatoms. The van der Waals surface area contributed by atoms with Crippen molar-refractivity contribution >= 4 is 0 Å². The van der Waals surface area contributed by atoms with Gasteiger partial charge in [-0.15, -0.1) is 0 Å². The maximum atomic E-state index is 5.51. The SMILES string of the molecule is CCCNCCCc1ccc(C)c(C)c1OC. The molecule has 0 bridgehead atoms. The van der Waals surface area contributed by atoms with Crippen LogP contribution in [0.1, 0.15) is 36.5 Å². The Morgan fingerprint density at radius 1 is 1.18 bits per heavy atom. The lowest BCUT2D eigenvalue weighted by molar-refractivity contribution is 0.405. The summed E-state index contributed by atoms with van der Waals surface area (Å²) >= 11 is 0. The van der Waals surface area contributed by atoms with Crippen LogP contribution in [-0.4, -0.2) is 20.2 Å². The average molecular weight is 235 g/mol. The zero-order valence-electron chi connectivity index (χ0n) is 11.6. The van der Waals surface area contributed by atoms with E-state index in [0.717, 1.165) is 25.3 Å². The molecule has 0 saturated heterocycles. The molecule has 0 aromatic heterocycles. The van der Waals surface area contributed by atoms with E-state index in [0.29, 0.717) is 0 Å². The van der Waals surface area contributed by atoms with E-state index in [1.807, 2.05) is 0 Å². The van der Waals surface area contributed by atoms with Crippen molar-refractivity contribution in [2.24, 2.45) is 0 Å². The Hall–Kier alpha value is -1.02. The number of aryl methyl sites for hydroxylation is 2. The first kappa shape index (κ1) is 14.0. The lowest BCUT2D eigenvalue weighted by Crippen LogP contribution is -2.16. The molecule has 1 aromatic rings. The number of nitrogens with one attached hydrogen (secondary N) is 1. The topological polar surface area (TPSA) is 21.3 Å². The molecule has 0 fully saturated rings. The van der Waals surface area contributed by atoms with Crippen LogP contribution in [0.25, 0.3) is 0 Å². The molecule has 2 nitrogen and oxygen atoms in total. The zero-order valence-corrected chi connectivity index (χ0v) is 11.6. The van der Waals surface area contributed by atoms with E-state index in [2.05, 4.69) is 38.2 Å². The Kier molecular flexibility index (Phi) is 6.06. The van der Waals surface area contributed by atoms with Gasteiger partial charge in [0.1, 0.15) is 5.75 Å². The first-order chi connectivity index (χ1) is 8.20. The minimum absolute atomic E-state index is 1.07. The summed E-state index contributed by atoms with van der Waals surface area (Å²) in [6.45, 7) is 8.66. The van der Waals surface area contributed by atoms with Crippen LogP contribution in [-0.2, 0) is 6.42 Å². The van der Waals surface area contributed by atoms with E-state index < -0.39 is 0 Å². The molecule has 0 radical (unpaired) electrons. The molecule has 0 aliphatic carbocycles. The van der Waals surface area contributed by atoms with Crippen molar-refractivity contribution in [3.8, 4) is 5.75 Å². The maximum absolute atomic E-state index is 5.51. The third-order valence-electron chi connectivity index (χ3n) is 3.19. The van der Waals surface area contributed by atoms with Crippen molar-refractivity contribution < 1.29 is 4.74 Å². The van der Waals surface area contributed by atoms with Gasteiger partial charge in [-0.2, -0.15) is 0 Å². The summed E-state index contributed by atoms with van der Waals surface area (Å²) in [5.74, 6) is 1.07. The van der Waals surface area contributed by atoms with Crippen LogP contribution in [0.15, 0.2) is 12.1 Å². The number of benzene rings is 1. The van der Waals surface area contributed by atoms with Crippen molar-refractivity contribution in [3.63, 3.8) is 0 Å². The molecule has 0 aliphatic heterocycles. The van der Waals surface area contributed by atoms with Crippen LogP contribution in [0.5, 0.6) is 5.75 Å². The molecule has 17 heavy (non-hydrogen) atoms. The molecule has 0 atom stereocenters. The van der Waals surface area contributed by atoms with E-state index in [-0.39, 0.29) is 0 Å². The summed E-state index contributed by atoms with van der Waals surface area (Å²) < 4.78 is 5.51. The van der Waals surface area contributed by atoms with Crippen molar-refractivity contribution in [2.75, 3.05) is 20.2 Å². The van der Waals surface area contributed by atoms with Crippen LogP contribution in [0.2, 0.25) is 0 Å². The van der Waals surface area contributed by atoms with E-state index in [1.165, 1.54) is 29.5 Å². The van der Waals surface area contributed by atoms with Crippen LogP contribution >= 0.6 is 0 Å². The minimum atomic E-state index is 1.07. The molecule has 0 aliphatic rings. The molecule has 0 unspecified atom stereocenters. The molecule has 1 aromatic carbocycles. The lowest BCUT2D eigenvalue weighted by atomic mass is 10.0. The Labute approximate surface area is 105 Å². The fourth-order valence-corrected chi connectivity index (χ4v) is 2.03. The Morgan fingerprint density at radius 2 is 1.94 bits per heavy atom. The van der Waals surface area contributed by atoms with Crippen LogP contribution in [0.4, 0.5) is 0 Å². The predicted octanol–water partition coefficient (Wildman–Crippen LogP) is 3.24. The Bertz CT molecular complexity index is 347.